The number of nitrogens with zero attached hydrogens (tertiary/aromatic N) is 1. The number of aliphatic hydroxyl groups is 1. The number of hydrogen-bond donors (Lipinski definition) is 2. The molecule has 1 saturated carbocycles. The topological polar surface area (TPSA) is 52.6 Å². The van der Waals surface area contributed by atoms with Crippen LogP contribution in [0.25, 0.3) is 0 Å². The highest BCUT2D eigenvalue weighted by atomic mass is 19.3. The lowest BCUT2D eigenvalue weighted by molar-refractivity contribution is -0.216. The van der Waals surface area contributed by atoms with Crippen LogP contribution in [0.4, 0.5) is 18.9 Å². The van der Waals surface area contributed by atoms with E-state index in [1.165, 1.54) is 12.1 Å². The summed E-state index contributed by atoms with van der Waals surface area (Å²) >= 11 is 0. The molecule has 0 aromatic heterocycles. The molecule has 132 valence electrons. The normalized spacial score (nSPS) is 23.0. The van der Waals surface area contributed by atoms with Gasteiger partial charge in [0.15, 0.2) is 0 Å². The first kappa shape index (κ1) is 17.1. The highest BCUT2D eigenvalue weighted by Crippen LogP contribution is 2.44. The Morgan fingerprint density at radius 3 is 2.58 bits per heavy atom. The number of carbonyl (C=O) groups is 1. The quantitative estimate of drug-likeness (QED) is 0.863. The van der Waals surface area contributed by atoms with Gasteiger partial charge in [-0.3, -0.25) is 4.79 Å². The molecular weight excluding hydrogens is 321 g/mol. The third kappa shape index (κ3) is 3.09. The van der Waals surface area contributed by atoms with Crippen molar-refractivity contribution in [3.05, 3.63) is 30.1 Å². The predicted octanol–water partition coefficient (Wildman–Crippen LogP) is 2.32. The number of amides is 1. The van der Waals surface area contributed by atoms with E-state index in [0.29, 0.717) is 13.0 Å². The minimum absolute atomic E-state index is 0.0464. The van der Waals surface area contributed by atoms with E-state index >= 15 is 0 Å². The summed E-state index contributed by atoms with van der Waals surface area (Å²) in [4.78, 5) is 13.8. The Labute approximate surface area is 138 Å². The first-order valence-corrected chi connectivity index (χ1v) is 8.21. The summed E-state index contributed by atoms with van der Waals surface area (Å²) in [6, 6.07) is 6.11. The maximum atomic E-state index is 14.0. The van der Waals surface area contributed by atoms with Gasteiger partial charge in [-0.05, 0) is 55.9 Å². The van der Waals surface area contributed by atoms with Crippen molar-refractivity contribution >= 4 is 11.6 Å². The average molecular weight is 342 g/mol. The van der Waals surface area contributed by atoms with Gasteiger partial charge in [0.25, 0.3) is 5.91 Å². The van der Waals surface area contributed by atoms with Crippen LogP contribution >= 0.6 is 0 Å². The summed E-state index contributed by atoms with van der Waals surface area (Å²) in [7, 11) is 0. The molecule has 1 amide bonds. The zero-order chi connectivity index (χ0) is 17.4. The Bertz CT molecular complexity index is 602. The molecule has 0 radical (unpaired) electrons. The van der Waals surface area contributed by atoms with E-state index in [1.807, 2.05) is 4.90 Å². The Morgan fingerprint density at radius 2 is 2.00 bits per heavy atom. The van der Waals surface area contributed by atoms with Crippen molar-refractivity contribution in [2.75, 3.05) is 24.5 Å². The third-order valence-corrected chi connectivity index (χ3v) is 5.08. The van der Waals surface area contributed by atoms with E-state index in [9.17, 15) is 23.1 Å². The molecule has 1 aromatic carbocycles. The summed E-state index contributed by atoms with van der Waals surface area (Å²) in [6.45, 7) is 1.48. The molecule has 1 aliphatic carbocycles. The molecule has 2 fully saturated rings. The summed E-state index contributed by atoms with van der Waals surface area (Å²) in [6.07, 6.45) is 1.17. The summed E-state index contributed by atoms with van der Waals surface area (Å²) in [5, 5.41) is 12.0. The van der Waals surface area contributed by atoms with Crippen molar-refractivity contribution in [3.63, 3.8) is 0 Å². The number of carbonyl (C=O) groups excluding carboxylic acids is 1. The molecule has 1 aromatic rings. The zero-order valence-corrected chi connectivity index (χ0v) is 13.3. The molecule has 1 atom stereocenters. The largest absolute Gasteiger partial charge is 0.383 e. The number of alkyl halides is 2. The summed E-state index contributed by atoms with van der Waals surface area (Å²) in [5.41, 5.74) is -1.31. The minimum Gasteiger partial charge on any atom is -0.383 e. The molecule has 24 heavy (non-hydrogen) atoms. The van der Waals surface area contributed by atoms with Crippen molar-refractivity contribution in [2.45, 2.75) is 37.2 Å². The molecule has 1 unspecified atom stereocenters. The van der Waals surface area contributed by atoms with Gasteiger partial charge in [-0.1, -0.05) is 0 Å². The second-order valence-electron chi connectivity index (χ2n) is 6.75. The lowest BCUT2D eigenvalue weighted by Crippen LogP contribution is -2.61. The Balaban J connectivity index is 1.51. The fourth-order valence-electron chi connectivity index (χ4n) is 3.27. The van der Waals surface area contributed by atoms with Crippen molar-refractivity contribution in [1.29, 1.82) is 0 Å². The van der Waals surface area contributed by atoms with Gasteiger partial charge < -0.3 is 15.3 Å². The van der Waals surface area contributed by atoms with Crippen LogP contribution in [-0.4, -0.2) is 42.2 Å². The van der Waals surface area contributed by atoms with Crippen LogP contribution in [0.15, 0.2) is 24.3 Å². The van der Waals surface area contributed by atoms with Crippen molar-refractivity contribution in [3.8, 4) is 0 Å². The zero-order valence-electron chi connectivity index (χ0n) is 13.3. The fourth-order valence-corrected chi connectivity index (χ4v) is 3.27. The Hall–Kier alpha value is -1.76. The standard InChI is InChI=1S/C17H21F3N2O2/c18-13-2-4-14(5-3-13)22-9-6-12(11-22)10-21-15(23)17(19,20)16(24)7-1-8-16/h2-5,12,24H,1,6-11H2,(H,21,23). The molecule has 4 nitrogen and oxygen atoms in total. The SMILES string of the molecule is O=C(NCC1CCN(c2ccc(F)cc2)C1)C(F)(F)C1(O)CCC1. The van der Waals surface area contributed by atoms with Crippen LogP contribution in [0, 0.1) is 11.7 Å². The van der Waals surface area contributed by atoms with Crippen LogP contribution in [0.1, 0.15) is 25.7 Å². The second-order valence-corrected chi connectivity index (χ2v) is 6.75. The number of benzene rings is 1. The van der Waals surface area contributed by atoms with Gasteiger partial charge in [0, 0.05) is 25.3 Å². The molecule has 1 aliphatic heterocycles. The van der Waals surface area contributed by atoms with E-state index in [2.05, 4.69) is 5.32 Å². The highest BCUT2D eigenvalue weighted by molar-refractivity contribution is 5.85. The smallest absolute Gasteiger partial charge is 0.352 e. The molecular formula is C17H21F3N2O2. The molecule has 0 spiro atoms. The second kappa shape index (κ2) is 6.27. The predicted molar refractivity (Wildman–Crippen MR) is 83.5 cm³/mol. The molecule has 2 N–H and O–H groups in total. The molecule has 2 aliphatic rings. The van der Waals surface area contributed by atoms with Gasteiger partial charge >= 0.3 is 5.92 Å². The van der Waals surface area contributed by atoms with Gasteiger partial charge in [0.05, 0.1) is 0 Å². The maximum absolute atomic E-state index is 14.0. The van der Waals surface area contributed by atoms with Gasteiger partial charge in [-0.2, -0.15) is 8.78 Å². The Kier molecular flexibility index (Phi) is 4.46. The number of anilines is 1. The van der Waals surface area contributed by atoms with Gasteiger partial charge in [0.2, 0.25) is 0 Å². The summed E-state index contributed by atoms with van der Waals surface area (Å²) < 4.78 is 40.9. The van der Waals surface area contributed by atoms with E-state index < -0.39 is 17.4 Å². The van der Waals surface area contributed by atoms with Crippen LogP contribution in [0.5, 0.6) is 0 Å². The van der Waals surface area contributed by atoms with Gasteiger partial charge in [0.1, 0.15) is 11.4 Å². The molecule has 0 bridgehead atoms. The van der Waals surface area contributed by atoms with E-state index in [0.717, 1.165) is 18.7 Å². The number of nitrogens with one attached hydrogen (secondary N) is 1. The van der Waals surface area contributed by atoms with Crippen molar-refractivity contribution in [2.24, 2.45) is 5.92 Å². The van der Waals surface area contributed by atoms with Gasteiger partial charge in [-0.15, -0.1) is 0 Å². The van der Waals surface area contributed by atoms with Crippen LogP contribution in [-0.2, 0) is 4.79 Å². The molecule has 1 saturated heterocycles. The Morgan fingerprint density at radius 1 is 1.33 bits per heavy atom. The molecule has 7 heteroatoms. The lowest BCUT2D eigenvalue weighted by atomic mass is 9.75. The number of halogens is 3. The van der Waals surface area contributed by atoms with Crippen LogP contribution < -0.4 is 10.2 Å². The highest BCUT2D eigenvalue weighted by Gasteiger charge is 2.61. The number of hydrogen-bond acceptors (Lipinski definition) is 3. The molecule has 1 heterocycles. The van der Waals surface area contributed by atoms with E-state index in [-0.39, 0.29) is 31.1 Å². The van der Waals surface area contributed by atoms with Crippen LogP contribution in [0.3, 0.4) is 0 Å². The number of rotatable bonds is 5. The van der Waals surface area contributed by atoms with Gasteiger partial charge in [-0.25, -0.2) is 4.39 Å². The van der Waals surface area contributed by atoms with Crippen molar-refractivity contribution < 1.29 is 23.1 Å². The van der Waals surface area contributed by atoms with E-state index in [4.69, 9.17) is 0 Å². The monoisotopic (exact) mass is 342 g/mol. The summed E-state index contributed by atoms with van der Waals surface area (Å²) in [5.74, 6) is -5.41. The first-order valence-electron chi connectivity index (χ1n) is 8.21. The third-order valence-electron chi connectivity index (χ3n) is 5.08. The van der Waals surface area contributed by atoms with E-state index in [1.54, 1.807) is 12.1 Å². The minimum atomic E-state index is -3.75. The molecule has 3 rings (SSSR count). The van der Waals surface area contributed by atoms with Crippen LogP contribution in [0.2, 0.25) is 0 Å². The fraction of sp³-hybridized carbons (Fsp3) is 0.588. The average Bonchev–Trinajstić information content (AvgIpc) is 2.99. The lowest BCUT2D eigenvalue weighted by Gasteiger charge is -2.41. The first-order chi connectivity index (χ1) is 11.3. The van der Waals surface area contributed by atoms with Crippen molar-refractivity contribution in [1.82, 2.24) is 5.32 Å². The maximum Gasteiger partial charge on any atom is 0.352 e.